The van der Waals surface area contributed by atoms with Crippen LogP contribution in [0.25, 0.3) is 0 Å². The van der Waals surface area contributed by atoms with E-state index in [1.165, 1.54) is 22.4 Å². The first kappa shape index (κ1) is 20.1. The Kier molecular flexibility index (Phi) is 6.45. The lowest BCUT2D eigenvalue weighted by Crippen LogP contribution is -2.52. The zero-order valence-corrected chi connectivity index (χ0v) is 17.4. The summed E-state index contributed by atoms with van der Waals surface area (Å²) in [6.07, 6.45) is 0. The van der Waals surface area contributed by atoms with Crippen molar-refractivity contribution >= 4 is 11.7 Å². The lowest BCUT2D eigenvalue weighted by atomic mass is 10.1. The normalized spacial score (nSPS) is 14.1. The highest BCUT2D eigenvalue weighted by atomic mass is 16.5. The maximum Gasteiger partial charge on any atom is 0.317 e. The van der Waals surface area contributed by atoms with Crippen molar-refractivity contribution < 1.29 is 9.53 Å². The van der Waals surface area contributed by atoms with Crippen LogP contribution in [0.15, 0.2) is 36.4 Å². The van der Waals surface area contributed by atoms with Gasteiger partial charge in [-0.05, 0) is 68.1 Å². The molecule has 0 aliphatic carbocycles. The lowest BCUT2D eigenvalue weighted by molar-refractivity contribution is 0.191. The molecule has 2 amide bonds. The number of rotatable bonds is 5. The van der Waals surface area contributed by atoms with Crippen LogP contribution in [0.3, 0.4) is 0 Å². The van der Waals surface area contributed by atoms with E-state index in [2.05, 4.69) is 67.4 Å². The van der Waals surface area contributed by atoms with Gasteiger partial charge in [-0.15, -0.1) is 0 Å². The number of hydrogen-bond donors (Lipinski definition) is 1. The average molecular weight is 382 g/mol. The van der Waals surface area contributed by atoms with E-state index >= 15 is 0 Å². The Balaban J connectivity index is 1.41. The van der Waals surface area contributed by atoms with Crippen molar-refractivity contribution in [3.8, 4) is 5.75 Å². The Labute approximate surface area is 168 Å². The van der Waals surface area contributed by atoms with Crippen molar-refractivity contribution in [2.24, 2.45) is 0 Å². The quantitative estimate of drug-likeness (QED) is 0.801. The van der Waals surface area contributed by atoms with Crippen LogP contribution < -0.4 is 15.0 Å². The minimum atomic E-state index is -0.00991. The molecule has 5 heteroatoms. The van der Waals surface area contributed by atoms with Gasteiger partial charge in [0.15, 0.2) is 0 Å². The van der Waals surface area contributed by atoms with Gasteiger partial charge in [0, 0.05) is 31.9 Å². The summed E-state index contributed by atoms with van der Waals surface area (Å²) in [6, 6.07) is 12.7. The highest BCUT2D eigenvalue weighted by Gasteiger charge is 2.21. The molecule has 1 aliphatic rings. The Morgan fingerprint density at radius 2 is 1.68 bits per heavy atom. The van der Waals surface area contributed by atoms with Gasteiger partial charge in [0.1, 0.15) is 12.4 Å². The van der Waals surface area contributed by atoms with E-state index in [4.69, 9.17) is 4.74 Å². The van der Waals surface area contributed by atoms with Crippen LogP contribution in [0, 0.1) is 27.7 Å². The molecule has 0 saturated carbocycles. The number of urea groups is 1. The number of hydrogen-bond acceptors (Lipinski definition) is 3. The standard InChI is InChI=1S/C23H31N3O2/c1-17-6-5-7-21(14-17)25-9-11-26(12-10-25)23(27)24-8-13-28-22-16-19(3)18(2)15-20(22)4/h5-7,14-16H,8-13H2,1-4H3,(H,24,27). The van der Waals surface area contributed by atoms with Crippen LogP contribution in [0.5, 0.6) is 5.75 Å². The van der Waals surface area contributed by atoms with Crippen molar-refractivity contribution in [1.82, 2.24) is 10.2 Å². The number of ether oxygens (including phenoxy) is 1. The first-order chi connectivity index (χ1) is 13.4. The first-order valence-corrected chi connectivity index (χ1v) is 9.99. The van der Waals surface area contributed by atoms with Crippen molar-refractivity contribution in [1.29, 1.82) is 0 Å². The Hall–Kier alpha value is -2.69. The van der Waals surface area contributed by atoms with E-state index in [0.717, 1.165) is 37.5 Å². The highest BCUT2D eigenvalue weighted by molar-refractivity contribution is 5.74. The zero-order valence-electron chi connectivity index (χ0n) is 17.4. The van der Waals surface area contributed by atoms with E-state index in [0.29, 0.717) is 13.2 Å². The van der Waals surface area contributed by atoms with E-state index in [1.54, 1.807) is 0 Å². The number of carbonyl (C=O) groups is 1. The minimum Gasteiger partial charge on any atom is -0.491 e. The lowest BCUT2D eigenvalue weighted by Gasteiger charge is -2.36. The van der Waals surface area contributed by atoms with Gasteiger partial charge in [-0.3, -0.25) is 0 Å². The Morgan fingerprint density at radius 3 is 2.39 bits per heavy atom. The molecule has 0 radical (unpaired) electrons. The summed E-state index contributed by atoms with van der Waals surface area (Å²) < 4.78 is 5.85. The summed E-state index contributed by atoms with van der Waals surface area (Å²) in [4.78, 5) is 16.6. The third kappa shape index (κ3) is 4.97. The molecule has 1 N–H and O–H groups in total. The summed E-state index contributed by atoms with van der Waals surface area (Å²) in [6.45, 7) is 12.5. The topological polar surface area (TPSA) is 44.8 Å². The summed E-state index contributed by atoms with van der Waals surface area (Å²) in [5.74, 6) is 0.893. The number of anilines is 1. The third-order valence-corrected chi connectivity index (χ3v) is 5.36. The van der Waals surface area contributed by atoms with E-state index in [9.17, 15) is 4.79 Å². The van der Waals surface area contributed by atoms with Gasteiger partial charge in [-0.2, -0.15) is 0 Å². The predicted octanol–water partition coefficient (Wildman–Crippen LogP) is 3.83. The fourth-order valence-corrected chi connectivity index (χ4v) is 3.51. The van der Waals surface area contributed by atoms with Crippen molar-refractivity contribution in [2.45, 2.75) is 27.7 Å². The van der Waals surface area contributed by atoms with Crippen molar-refractivity contribution in [2.75, 3.05) is 44.2 Å². The molecule has 2 aromatic rings. The number of benzene rings is 2. The molecule has 28 heavy (non-hydrogen) atoms. The van der Waals surface area contributed by atoms with E-state index in [-0.39, 0.29) is 6.03 Å². The summed E-state index contributed by atoms with van der Waals surface area (Å²) in [5.41, 5.74) is 6.11. The van der Waals surface area contributed by atoms with Crippen LogP contribution in [-0.4, -0.2) is 50.3 Å². The van der Waals surface area contributed by atoms with Crippen molar-refractivity contribution in [3.05, 3.63) is 58.7 Å². The molecule has 3 rings (SSSR count). The second-order valence-corrected chi connectivity index (χ2v) is 7.60. The molecular weight excluding hydrogens is 350 g/mol. The molecule has 1 saturated heterocycles. The fraction of sp³-hybridized carbons (Fsp3) is 0.435. The number of nitrogens with one attached hydrogen (secondary N) is 1. The highest BCUT2D eigenvalue weighted by Crippen LogP contribution is 2.22. The third-order valence-electron chi connectivity index (χ3n) is 5.36. The molecule has 2 aromatic carbocycles. The minimum absolute atomic E-state index is 0.00991. The van der Waals surface area contributed by atoms with E-state index < -0.39 is 0 Å². The average Bonchev–Trinajstić information content (AvgIpc) is 2.69. The van der Waals surface area contributed by atoms with Gasteiger partial charge in [0.05, 0.1) is 6.54 Å². The maximum absolute atomic E-state index is 12.4. The molecular formula is C23H31N3O2. The van der Waals surface area contributed by atoms with Gasteiger partial charge in [0.2, 0.25) is 0 Å². The Morgan fingerprint density at radius 1 is 0.964 bits per heavy atom. The van der Waals surface area contributed by atoms with Gasteiger partial charge in [-0.1, -0.05) is 18.2 Å². The molecule has 1 aliphatic heterocycles. The molecule has 0 aromatic heterocycles. The van der Waals surface area contributed by atoms with Crippen LogP contribution >= 0.6 is 0 Å². The van der Waals surface area contributed by atoms with Crippen LogP contribution in [0.2, 0.25) is 0 Å². The number of amides is 2. The molecule has 150 valence electrons. The number of nitrogens with zero attached hydrogens (tertiary/aromatic N) is 2. The van der Waals surface area contributed by atoms with Gasteiger partial charge < -0.3 is 19.9 Å². The molecule has 5 nitrogen and oxygen atoms in total. The molecule has 0 bridgehead atoms. The molecule has 1 heterocycles. The van der Waals surface area contributed by atoms with Crippen LogP contribution in [0.1, 0.15) is 22.3 Å². The van der Waals surface area contributed by atoms with Gasteiger partial charge in [-0.25, -0.2) is 4.79 Å². The van der Waals surface area contributed by atoms with Crippen molar-refractivity contribution in [3.63, 3.8) is 0 Å². The second kappa shape index (κ2) is 9.00. The summed E-state index contributed by atoms with van der Waals surface area (Å²) in [5, 5.41) is 2.98. The fourth-order valence-electron chi connectivity index (χ4n) is 3.51. The van der Waals surface area contributed by atoms with Crippen LogP contribution in [0.4, 0.5) is 10.5 Å². The molecule has 1 fully saturated rings. The smallest absolute Gasteiger partial charge is 0.317 e. The maximum atomic E-state index is 12.4. The molecule has 0 spiro atoms. The zero-order chi connectivity index (χ0) is 20.1. The monoisotopic (exact) mass is 381 g/mol. The van der Waals surface area contributed by atoms with Gasteiger partial charge in [0.25, 0.3) is 0 Å². The van der Waals surface area contributed by atoms with E-state index in [1.807, 2.05) is 11.8 Å². The number of piperazine rings is 1. The number of aryl methyl sites for hydroxylation is 4. The first-order valence-electron chi connectivity index (χ1n) is 9.99. The predicted molar refractivity (Wildman–Crippen MR) is 115 cm³/mol. The summed E-state index contributed by atoms with van der Waals surface area (Å²) in [7, 11) is 0. The second-order valence-electron chi connectivity index (χ2n) is 7.60. The Bertz CT molecular complexity index is 827. The largest absolute Gasteiger partial charge is 0.491 e. The SMILES string of the molecule is Cc1cccc(N2CCN(C(=O)NCCOc3cc(C)c(C)cc3C)CC2)c1. The molecule has 0 unspecified atom stereocenters. The number of carbonyl (C=O) groups excluding carboxylic acids is 1. The van der Waals surface area contributed by atoms with Gasteiger partial charge >= 0.3 is 6.03 Å². The van der Waals surface area contributed by atoms with Crippen LogP contribution in [-0.2, 0) is 0 Å². The summed E-state index contributed by atoms with van der Waals surface area (Å²) >= 11 is 0. The molecule has 0 atom stereocenters.